The predicted octanol–water partition coefficient (Wildman–Crippen LogP) is 2.75. The number of primary amides is 1. The first-order valence-electron chi connectivity index (χ1n) is 9.26. The molecular weight excluding hydrogens is 347 g/mol. The summed E-state index contributed by atoms with van der Waals surface area (Å²) in [6, 6.07) is 6.05. The highest BCUT2D eigenvalue weighted by molar-refractivity contribution is 5.96. The molecule has 0 aliphatic carbocycles. The molecule has 0 bridgehead atoms. The van der Waals surface area contributed by atoms with E-state index >= 15 is 0 Å². The zero-order valence-corrected chi connectivity index (χ0v) is 15.7. The number of nitrogens with zero attached hydrogens (tertiary/aromatic N) is 3. The topological polar surface area (TPSA) is 81.2 Å². The second-order valence-electron chi connectivity index (χ2n) is 7.17. The molecule has 0 saturated carbocycles. The molecule has 0 unspecified atom stereocenters. The zero-order chi connectivity index (χ0) is 19.6. The number of benzene rings is 1. The van der Waals surface area contributed by atoms with Crippen molar-refractivity contribution in [3.63, 3.8) is 0 Å². The molecule has 6 nitrogen and oxygen atoms in total. The Kier molecular flexibility index (Phi) is 5.58. The van der Waals surface area contributed by atoms with Crippen molar-refractivity contribution in [1.29, 1.82) is 0 Å². The number of hydrogen-bond donors (Lipinski definition) is 1. The molecule has 1 fully saturated rings. The van der Waals surface area contributed by atoms with Gasteiger partial charge in [-0.25, -0.2) is 9.07 Å². The maximum Gasteiger partial charge on any atom is 0.257 e. The minimum absolute atomic E-state index is 0.0216. The van der Waals surface area contributed by atoms with Gasteiger partial charge in [-0.15, -0.1) is 0 Å². The van der Waals surface area contributed by atoms with E-state index in [1.165, 1.54) is 12.1 Å². The van der Waals surface area contributed by atoms with Crippen LogP contribution in [0.5, 0.6) is 0 Å². The molecule has 3 rings (SSSR count). The summed E-state index contributed by atoms with van der Waals surface area (Å²) in [5.74, 6) is -0.166. The van der Waals surface area contributed by atoms with E-state index in [2.05, 4.69) is 5.10 Å². The van der Waals surface area contributed by atoms with Gasteiger partial charge in [-0.05, 0) is 63.3 Å². The maximum atomic E-state index is 13.2. The SMILES string of the molecule is Cc1nn(-c2ccc(F)cc2)c(C)c1C(=O)N1CCC(CCC(N)=O)CC1. The minimum Gasteiger partial charge on any atom is -0.370 e. The molecule has 0 atom stereocenters. The van der Waals surface area contributed by atoms with Crippen LogP contribution in [0.25, 0.3) is 5.69 Å². The molecular formula is C20H25FN4O2. The molecule has 2 aromatic rings. The van der Waals surface area contributed by atoms with E-state index < -0.39 is 0 Å². The summed E-state index contributed by atoms with van der Waals surface area (Å²) in [6.45, 7) is 5.02. The van der Waals surface area contributed by atoms with E-state index in [9.17, 15) is 14.0 Å². The van der Waals surface area contributed by atoms with Crippen LogP contribution in [0, 0.1) is 25.6 Å². The van der Waals surface area contributed by atoms with Crippen molar-refractivity contribution in [3.05, 3.63) is 47.0 Å². The predicted molar refractivity (Wildman–Crippen MR) is 100 cm³/mol. The van der Waals surface area contributed by atoms with Crippen LogP contribution in [0.3, 0.4) is 0 Å². The monoisotopic (exact) mass is 372 g/mol. The second-order valence-corrected chi connectivity index (χ2v) is 7.17. The molecule has 1 aromatic heterocycles. The summed E-state index contributed by atoms with van der Waals surface area (Å²) in [4.78, 5) is 25.8. The number of carbonyl (C=O) groups excluding carboxylic acids is 2. The summed E-state index contributed by atoms with van der Waals surface area (Å²) in [5.41, 5.74) is 7.96. The molecule has 2 N–H and O–H groups in total. The maximum absolute atomic E-state index is 13.2. The third-order valence-electron chi connectivity index (χ3n) is 5.28. The van der Waals surface area contributed by atoms with Crippen LogP contribution in [-0.2, 0) is 4.79 Å². The molecule has 0 spiro atoms. The van der Waals surface area contributed by atoms with Gasteiger partial charge >= 0.3 is 0 Å². The number of nitrogens with two attached hydrogens (primary N) is 1. The first-order chi connectivity index (χ1) is 12.9. The molecule has 0 radical (unpaired) electrons. The van der Waals surface area contributed by atoms with Crippen LogP contribution in [0.1, 0.15) is 47.4 Å². The van der Waals surface area contributed by atoms with Gasteiger partial charge < -0.3 is 10.6 Å². The Bertz CT molecular complexity index is 836. The summed E-state index contributed by atoms with van der Waals surface area (Å²) in [5, 5.41) is 4.49. The van der Waals surface area contributed by atoms with E-state index in [-0.39, 0.29) is 17.6 Å². The number of likely N-dealkylation sites (tertiary alicyclic amines) is 1. The van der Waals surface area contributed by atoms with Gasteiger partial charge in [0.05, 0.1) is 22.6 Å². The number of aromatic nitrogens is 2. The smallest absolute Gasteiger partial charge is 0.257 e. The number of carbonyl (C=O) groups is 2. The lowest BCUT2D eigenvalue weighted by Gasteiger charge is -2.32. The number of aryl methyl sites for hydroxylation is 1. The Morgan fingerprint density at radius 2 is 1.81 bits per heavy atom. The molecule has 144 valence electrons. The van der Waals surface area contributed by atoms with Gasteiger partial charge in [0.2, 0.25) is 5.91 Å². The van der Waals surface area contributed by atoms with E-state index in [0.717, 1.165) is 30.6 Å². The normalized spacial score (nSPS) is 15.1. The first kappa shape index (κ1) is 19.1. The number of amides is 2. The lowest BCUT2D eigenvalue weighted by Crippen LogP contribution is -2.39. The number of halogens is 1. The van der Waals surface area contributed by atoms with E-state index in [4.69, 9.17) is 5.73 Å². The molecule has 2 amide bonds. The summed E-state index contributed by atoms with van der Waals surface area (Å²) >= 11 is 0. The molecule has 27 heavy (non-hydrogen) atoms. The molecule has 1 aliphatic rings. The van der Waals surface area contributed by atoms with E-state index in [1.54, 1.807) is 16.8 Å². The van der Waals surface area contributed by atoms with Gasteiger partial charge in [0.25, 0.3) is 5.91 Å². The largest absolute Gasteiger partial charge is 0.370 e. The van der Waals surface area contributed by atoms with Crippen molar-refractivity contribution in [2.24, 2.45) is 11.7 Å². The van der Waals surface area contributed by atoms with Crippen LogP contribution in [0.4, 0.5) is 4.39 Å². The van der Waals surface area contributed by atoms with Crippen LogP contribution in [-0.4, -0.2) is 39.6 Å². The molecule has 2 heterocycles. The number of piperidine rings is 1. The van der Waals surface area contributed by atoms with Crippen molar-refractivity contribution >= 4 is 11.8 Å². The average molecular weight is 372 g/mol. The fourth-order valence-electron chi connectivity index (χ4n) is 3.72. The lowest BCUT2D eigenvalue weighted by molar-refractivity contribution is -0.118. The van der Waals surface area contributed by atoms with Crippen LogP contribution in [0.15, 0.2) is 24.3 Å². The fraction of sp³-hybridized carbons (Fsp3) is 0.450. The second kappa shape index (κ2) is 7.90. The minimum atomic E-state index is -0.309. The molecule has 1 saturated heterocycles. The van der Waals surface area contributed by atoms with Crippen molar-refractivity contribution in [1.82, 2.24) is 14.7 Å². The van der Waals surface area contributed by atoms with Gasteiger partial charge in [0.15, 0.2) is 0 Å². The third-order valence-corrected chi connectivity index (χ3v) is 5.28. The molecule has 1 aliphatic heterocycles. The quantitative estimate of drug-likeness (QED) is 0.876. The Balaban J connectivity index is 1.72. The first-order valence-corrected chi connectivity index (χ1v) is 9.26. The highest BCUT2D eigenvalue weighted by atomic mass is 19.1. The Morgan fingerprint density at radius 1 is 1.19 bits per heavy atom. The highest BCUT2D eigenvalue weighted by Gasteiger charge is 2.28. The number of rotatable bonds is 5. The van der Waals surface area contributed by atoms with Gasteiger partial charge in [-0.2, -0.15) is 5.10 Å². The number of hydrogen-bond acceptors (Lipinski definition) is 3. The van der Waals surface area contributed by atoms with Gasteiger partial charge in [-0.1, -0.05) is 0 Å². The Hall–Kier alpha value is -2.70. The van der Waals surface area contributed by atoms with Crippen molar-refractivity contribution in [3.8, 4) is 5.69 Å². The van der Waals surface area contributed by atoms with Gasteiger partial charge in [-0.3, -0.25) is 9.59 Å². The van der Waals surface area contributed by atoms with Crippen LogP contribution < -0.4 is 5.73 Å². The average Bonchev–Trinajstić information content (AvgIpc) is 2.95. The van der Waals surface area contributed by atoms with Crippen molar-refractivity contribution < 1.29 is 14.0 Å². The van der Waals surface area contributed by atoms with Crippen LogP contribution in [0.2, 0.25) is 0 Å². The van der Waals surface area contributed by atoms with Crippen molar-refractivity contribution in [2.75, 3.05) is 13.1 Å². The van der Waals surface area contributed by atoms with E-state index in [1.807, 2.05) is 18.7 Å². The third kappa shape index (κ3) is 4.18. The summed E-state index contributed by atoms with van der Waals surface area (Å²) < 4.78 is 14.9. The summed E-state index contributed by atoms with van der Waals surface area (Å²) in [6.07, 6.45) is 2.95. The highest BCUT2D eigenvalue weighted by Crippen LogP contribution is 2.25. The standard InChI is InChI=1S/C20H25FN4O2/c1-13-19(14(2)25(23-13)17-6-4-16(21)5-7-17)20(27)24-11-9-15(10-12-24)3-8-18(22)26/h4-7,15H,3,8-12H2,1-2H3,(H2,22,26). The van der Waals surface area contributed by atoms with Gasteiger partial charge in [0.1, 0.15) is 5.82 Å². The van der Waals surface area contributed by atoms with Crippen molar-refractivity contribution in [2.45, 2.75) is 39.5 Å². The fourth-order valence-corrected chi connectivity index (χ4v) is 3.72. The van der Waals surface area contributed by atoms with Crippen LogP contribution >= 0.6 is 0 Å². The molecule has 1 aromatic carbocycles. The Labute approximate surface area is 158 Å². The summed E-state index contributed by atoms with van der Waals surface area (Å²) in [7, 11) is 0. The lowest BCUT2D eigenvalue weighted by atomic mass is 9.91. The van der Waals surface area contributed by atoms with E-state index in [0.29, 0.717) is 36.7 Å². The Morgan fingerprint density at radius 3 is 2.41 bits per heavy atom. The van der Waals surface area contributed by atoms with Gasteiger partial charge in [0, 0.05) is 19.5 Å². The molecule has 7 heteroatoms. The zero-order valence-electron chi connectivity index (χ0n) is 15.7.